The van der Waals surface area contributed by atoms with Crippen molar-refractivity contribution in [3.05, 3.63) is 65.2 Å². The number of aryl methyl sites for hydroxylation is 1. The van der Waals surface area contributed by atoms with Crippen LogP contribution in [-0.2, 0) is 4.79 Å². The summed E-state index contributed by atoms with van der Waals surface area (Å²) in [6, 6.07) is 16.8. The summed E-state index contributed by atoms with van der Waals surface area (Å²) in [6.07, 6.45) is 3.36. The zero-order valence-electron chi connectivity index (χ0n) is 17.0. The summed E-state index contributed by atoms with van der Waals surface area (Å²) in [5.74, 6) is 0.985. The highest BCUT2D eigenvalue weighted by atomic mass is 32.2. The Bertz CT molecular complexity index is 1100. The molecule has 31 heavy (non-hydrogen) atoms. The summed E-state index contributed by atoms with van der Waals surface area (Å²) < 4.78 is 15.5. The number of carbonyl (C=O) groups excluding carboxylic acids is 1. The van der Waals surface area contributed by atoms with Gasteiger partial charge in [-0.2, -0.15) is 14.6 Å². The maximum absolute atomic E-state index is 12.3. The van der Waals surface area contributed by atoms with Crippen molar-refractivity contribution in [2.75, 3.05) is 24.8 Å². The number of benzene rings is 2. The van der Waals surface area contributed by atoms with Gasteiger partial charge in [0.25, 0.3) is 5.91 Å². The summed E-state index contributed by atoms with van der Waals surface area (Å²) in [5, 5.41) is 12.9. The summed E-state index contributed by atoms with van der Waals surface area (Å²) in [6.45, 7) is 2.82. The quantitative estimate of drug-likeness (QED) is 0.220. The van der Waals surface area contributed by atoms with E-state index in [1.807, 2.05) is 43.5 Å². The van der Waals surface area contributed by atoms with Crippen LogP contribution in [0.1, 0.15) is 11.1 Å². The van der Waals surface area contributed by atoms with Crippen molar-refractivity contribution in [3.63, 3.8) is 0 Å². The molecule has 9 heteroatoms. The third-order valence-corrected chi connectivity index (χ3v) is 5.36. The van der Waals surface area contributed by atoms with E-state index < -0.39 is 5.91 Å². The standard InChI is InChI=1S/C22H20N4O3S2/c1-15-5-3-4-6-19(15)29-12-11-28-18-9-7-16(8-10-18)13-17(14-23)20(27)24-21-25-22(30-2)26-31-21/h3-10,13H,11-12H2,1-2H3,(H,24,25,26,27)/b17-13-. The first-order chi connectivity index (χ1) is 15.1. The van der Waals surface area contributed by atoms with E-state index in [-0.39, 0.29) is 5.57 Å². The van der Waals surface area contributed by atoms with E-state index >= 15 is 0 Å². The molecule has 1 N–H and O–H groups in total. The molecule has 0 fully saturated rings. The molecule has 0 unspecified atom stereocenters. The van der Waals surface area contributed by atoms with Crippen LogP contribution in [0.3, 0.4) is 0 Å². The molecule has 2 aromatic carbocycles. The van der Waals surface area contributed by atoms with Crippen molar-refractivity contribution in [1.82, 2.24) is 9.36 Å². The Morgan fingerprint density at radius 1 is 1.19 bits per heavy atom. The second-order valence-corrected chi connectivity index (χ2v) is 7.77. The molecule has 0 aliphatic carbocycles. The van der Waals surface area contributed by atoms with Crippen molar-refractivity contribution >= 4 is 40.4 Å². The average molecular weight is 453 g/mol. The normalized spacial score (nSPS) is 10.9. The van der Waals surface area contributed by atoms with Crippen LogP contribution in [0.15, 0.2) is 59.3 Å². The fraction of sp³-hybridized carbons (Fsp3) is 0.182. The van der Waals surface area contributed by atoms with E-state index in [1.165, 1.54) is 17.8 Å². The van der Waals surface area contributed by atoms with Gasteiger partial charge in [0.05, 0.1) is 0 Å². The maximum Gasteiger partial charge on any atom is 0.268 e. The van der Waals surface area contributed by atoms with Crippen molar-refractivity contribution in [2.45, 2.75) is 12.1 Å². The molecule has 1 amide bonds. The number of nitriles is 1. The minimum Gasteiger partial charge on any atom is -0.490 e. The fourth-order valence-corrected chi connectivity index (χ4v) is 3.63. The lowest BCUT2D eigenvalue weighted by Crippen LogP contribution is -2.13. The van der Waals surface area contributed by atoms with Gasteiger partial charge >= 0.3 is 0 Å². The van der Waals surface area contributed by atoms with Gasteiger partial charge < -0.3 is 9.47 Å². The number of hydrogen-bond acceptors (Lipinski definition) is 8. The van der Waals surface area contributed by atoms with Crippen molar-refractivity contribution in [1.29, 1.82) is 5.26 Å². The molecular formula is C22H20N4O3S2. The number of anilines is 1. The number of ether oxygens (including phenoxy) is 2. The Balaban J connectivity index is 1.53. The lowest BCUT2D eigenvalue weighted by atomic mass is 10.1. The molecule has 0 aliphatic rings. The van der Waals surface area contributed by atoms with Gasteiger partial charge in [-0.1, -0.05) is 42.1 Å². The number of carbonyl (C=O) groups is 1. The van der Waals surface area contributed by atoms with Crippen molar-refractivity contribution in [2.24, 2.45) is 0 Å². The first-order valence-electron chi connectivity index (χ1n) is 9.31. The minimum atomic E-state index is -0.528. The van der Waals surface area contributed by atoms with Gasteiger partial charge in [0, 0.05) is 11.5 Å². The van der Waals surface area contributed by atoms with E-state index in [0.717, 1.165) is 22.8 Å². The maximum atomic E-state index is 12.3. The highest BCUT2D eigenvalue weighted by molar-refractivity contribution is 7.98. The second-order valence-electron chi connectivity index (χ2n) is 6.24. The van der Waals surface area contributed by atoms with E-state index in [9.17, 15) is 10.1 Å². The van der Waals surface area contributed by atoms with Crippen LogP contribution in [0.25, 0.3) is 6.08 Å². The molecular weight excluding hydrogens is 432 g/mol. The van der Waals surface area contributed by atoms with E-state index in [2.05, 4.69) is 14.7 Å². The number of para-hydroxylation sites is 1. The Kier molecular flexibility index (Phi) is 8.04. The predicted octanol–water partition coefficient (Wildman–Crippen LogP) is 4.57. The van der Waals surface area contributed by atoms with Crippen molar-refractivity contribution < 1.29 is 14.3 Å². The van der Waals surface area contributed by atoms with Crippen LogP contribution in [0, 0.1) is 18.3 Å². The summed E-state index contributed by atoms with van der Waals surface area (Å²) in [4.78, 5) is 16.5. The van der Waals surface area contributed by atoms with E-state index in [1.54, 1.807) is 24.3 Å². The van der Waals surface area contributed by atoms with Gasteiger partial charge in [0.1, 0.15) is 36.4 Å². The molecule has 0 saturated heterocycles. The molecule has 0 aliphatic heterocycles. The Morgan fingerprint density at radius 2 is 1.94 bits per heavy atom. The molecule has 1 aromatic heterocycles. The van der Waals surface area contributed by atoms with Gasteiger partial charge in [-0.25, -0.2) is 0 Å². The van der Waals surface area contributed by atoms with Crippen LogP contribution in [-0.4, -0.2) is 34.7 Å². The smallest absolute Gasteiger partial charge is 0.268 e. The number of thioether (sulfide) groups is 1. The predicted molar refractivity (Wildman–Crippen MR) is 123 cm³/mol. The molecule has 7 nitrogen and oxygen atoms in total. The van der Waals surface area contributed by atoms with Crippen LogP contribution in [0.5, 0.6) is 11.5 Å². The number of nitrogens with zero attached hydrogens (tertiary/aromatic N) is 3. The van der Waals surface area contributed by atoms with Gasteiger partial charge in [0.2, 0.25) is 10.3 Å². The van der Waals surface area contributed by atoms with Gasteiger partial charge in [-0.05, 0) is 48.6 Å². The lowest BCUT2D eigenvalue weighted by Gasteiger charge is -2.10. The molecule has 0 bridgehead atoms. The molecule has 0 radical (unpaired) electrons. The van der Waals surface area contributed by atoms with Gasteiger partial charge in [0.15, 0.2) is 0 Å². The van der Waals surface area contributed by atoms with E-state index in [4.69, 9.17) is 9.47 Å². The highest BCUT2D eigenvalue weighted by Gasteiger charge is 2.12. The van der Waals surface area contributed by atoms with Crippen LogP contribution < -0.4 is 14.8 Å². The van der Waals surface area contributed by atoms with Gasteiger partial charge in [-0.15, -0.1) is 0 Å². The van der Waals surface area contributed by atoms with E-state index in [0.29, 0.717) is 34.8 Å². The lowest BCUT2D eigenvalue weighted by molar-refractivity contribution is -0.112. The largest absolute Gasteiger partial charge is 0.490 e. The molecule has 158 valence electrons. The Labute approximate surface area is 188 Å². The third-order valence-electron chi connectivity index (χ3n) is 4.07. The summed E-state index contributed by atoms with van der Waals surface area (Å²) in [7, 11) is 0. The monoisotopic (exact) mass is 452 g/mol. The van der Waals surface area contributed by atoms with Crippen LogP contribution in [0.4, 0.5) is 5.13 Å². The molecule has 3 rings (SSSR count). The molecule has 1 heterocycles. The Morgan fingerprint density at radius 3 is 2.61 bits per heavy atom. The molecule has 0 saturated carbocycles. The van der Waals surface area contributed by atoms with Crippen molar-refractivity contribution in [3.8, 4) is 17.6 Å². The summed E-state index contributed by atoms with van der Waals surface area (Å²) >= 11 is 2.45. The van der Waals surface area contributed by atoms with Crippen LogP contribution >= 0.6 is 23.3 Å². The minimum absolute atomic E-state index is 0.0267. The molecule has 0 spiro atoms. The third kappa shape index (κ3) is 6.57. The SMILES string of the molecule is CSc1nsc(NC(=O)/C(C#N)=C\c2ccc(OCCOc3ccccc3C)cc2)n1. The zero-order valence-corrected chi connectivity index (χ0v) is 18.6. The first kappa shape index (κ1) is 22.3. The number of rotatable bonds is 9. The highest BCUT2D eigenvalue weighted by Crippen LogP contribution is 2.20. The second kappa shape index (κ2) is 11.2. The first-order valence-corrected chi connectivity index (χ1v) is 11.3. The number of nitrogens with one attached hydrogen (secondary N) is 1. The number of hydrogen-bond donors (Lipinski definition) is 1. The fourth-order valence-electron chi connectivity index (χ4n) is 2.51. The summed E-state index contributed by atoms with van der Waals surface area (Å²) in [5.41, 5.74) is 1.75. The zero-order chi connectivity index (χ0) is 22.1. The topological polar surface area (TPSA) is 97.1 Å². The van der Waals surface area contributed by atoms with Crippen LogP contribution in [0.2, 0.25) is 0 Å². The molecule has 0 atom stereocenters. The van der Waals surface area contributed by atoms with Gasteiger partial charge in [-0.3, -0.25) is 10.1 Å². The number of aromatic nitrogens is 2. The Hall–Kier alpha value is -3.35. The number of amides is 1. The molecule has 3 aromatic rings. The average Bonchev–Trinajstić information content (AvgIpc) is 3.24.